The summed E-state index contributed by atoms with van der Waals surface area (Å²) in [4.78, 5) is 12.1. The maximum Gasteiger partial charge on any atom is 0.240 e. The number of H-pyrrole nitrogens is 1. The van der Waals surface area contributed by atoms with Gasteiger partial charge in [-0.1, -0.05) is 39.5 Å². The van der Waals surface area contributed by atoms with E-state index >= 15 is 0 Å². The molecule has 1 rings (SSSR count). The fourth-order valence-electron chi connectivity index (χ4n) is 2.34. The van der Waals surface area contributed by atoms with Gasteiger partial charge in [0.05, 0.1) is 0 Å². The third kappa shape index (κ3) is 6.42. The number of carbonyl (C=O) groups excluding carboxylic acids is 1. The normalized spacial score (nSPS) is 12.3. The number of aromatic nitrogens is 3. The molecule has 0 spiro atoms. The number of aromatic amines is 1. The van der Waals surface area contributed by atoms with Crippen LogP contribution >= 0.6 is 12.2 Å². The summed E-state index contributed by atoms with van der Waals surface area (Å²) in [5, 5.41) is 9.98. The molecule has 0 aliphatic heterocycles. The Morgan fingerprint density at radius 2 is 2.10 bits per heavy atom. The molecule has 1 aromatic rings. The van der Waals surface area contributed by atoms with Crippen LogP contribution in [-0.2, 0) is 17.8 Å². The molecule has 1 heterocycles. The molecule has 21 heavy (non-hydrogen) atoms. The summed E-state index contributed by atoms with van der Waals surface area (Å²) in [5.74, 6) is 0.862. The van der Waals surface area contributed by atoms with Crippen LogP contribution in [0, 0.1) is 4.77 Å². The second kappa shape index (κ2) is 9.71. The number of hydrogen-bond donors (Lipinski definition) is 2. The molecule has 120 valence electrons. The third-order valence-electron chi connectivity index (χ3n) is 3.51. The zero-order valence-corrected chi connectivity index (χ0v) is 14.3. The first-order valence-electron chi connectivity index (χ1n) is 8.01. The van der Waals surface area contributed by atoms with Gasteiger partial charge in [0.15, 0.2) is 4.77 Å². The number of hydrogen-bond acceptors (Lipinski definition) is 3. The van der Waals surface area contributed by atoms with Gasteiger partial charge in [0, 0.05) is 12.5 Å². The summed E-state index contributed by atoms with van der Waals surface area (Å²) >= 11 is 5.18. The van der Waals surface area contributed by atoms with Crippen molar-refractivity contribution in [1.29, 1.82) is 0 Å². The molecule has 0 aliphatic carbocycles. The van der Waals surface area contributed by atoms with E-state index in [9.17, 15) is 4.79 Å². The SMILES string of the molecule is CCCCCCC(C)NC(=O)Cn1c(CCC)n[nH]c1=S. The van der Waals surface area contributed by atoms with Crippen molar-refractivity contribution >= 4 is 18.1 Å². The standard InChI is InChI=1S/C15H28N4OS/c1-4-6-7-8-10-12(3)16-14(20)11-19-13(9-5-2)17-18-15(19)21/h12H,4-11H2,1-3H3,(H,16,20)(H,18,21). The zero-order chi connectivity index (χ0) is 15.7. The van der Waals surface area contributed by atoms with E-state index in [1.54, 1.807) is 4.57 Å². The van der Waals surface area contributed by atoms with Crippen LogP contribution in [-0.4, -0.2) is 26.7 Å². The van der Waals surface area contributed by atoms with Gasteiger partial charge >= 0.3 is 0 Å². The molecule has 1 unspecified atom stereocenters. The summed E-state index contributed by atoms with van der Waals surface area (Å²) in [7, 11) is 0. The van der Waals surface area contributed by atoms with E-state index in [1.807, 2.05) is 0 Å². The Morgan fingerprint density at radius 1 is 1.33 bits per heavy atom. The van der Waals surface area contributed by atoms with Gasteiger partial charge in [-0.05, 0) is 32.0 Å². The van der Waals surface area contributed by atoms with Gasteiger partial charge in [0.2, 0.25) is 5.91 Å². The summed E-state index contributed by atoms with van der Waals surface area (Å²) in [5.41, 5.74) is 0. The van der Waals surface area contributed by atoms with Crippen molar-refractivity contribution in [1.82, 2.24) is 20.1 Å². The summed E-state index contributed by atoms with van der Waals surface area (Å²) < 4.78 is 2.31. The van der Waals surface area contributed by atoms with E-state index < -0.39 is 0 Å². The first kappa shape index (κ1) is 17.9. The molecule has 0 aliphatic rings. The summed E-state index contributed by atoms with van der Waals surface area (Å²) in [6.45, 7) is 6.60. The zero-order valence-electron chi connectivity index (χ0n) is 13.4. The molecule has 0 radical (unpaired) electrons. The predicted molar refractivity (Wildman–Crippen MR) is 87.8 cm³/mol. The summed E-state index contributed by atoms with van der Waals surface area (Å²) in [6.07, 6.45) is 7.75. The van der Waals surface area contributed by atoms with E-state index in [0.29, 0.717) is 4.77 Å². The van der Waals surface area contributed by atoms with Crippen molar-refractivity contribution in [3.63, 3.8) is 0 Å². The van der Waals surface area contributed by atoms with E-state index in [1.165, 1.54) is 25.7 Å². The Labute approximate surface area is 132 Å². The number of amides is 1. The topological polar surface area (TPSA) is 62.7 Å². The van der Waals surface area contributed by atoms with Crippen LogP contribution in [0.3, 0.4) is 0 Å². The lowest BCUT2D eigenvalue weighted by atomic mass is 10.1. The second-order valence-corrected chi connectivity index (χ2v) is 5.99. The molecular formula is C15H28N4OS. The van der Waals surface area contributed by atoms with Gasteiger partial charge in [-0.2, -0.15) is 5.10 Å². The van der Waals surface area contributed by atoms with Crippen molar-refractivity contribution in [2.45, 2.75) is 78.3 Å². The fraction of sp³-hybridized carbons (Fsp3) is 0.800. The van der Waals surface area contributed by atoms with Crippen molar-refractivity contribution in [3.8, 4) is 0 Å². The van der Waals surface area contributed by atoms with Gasteiger partial charge in [-0.15, -0.1) is 0 Å². The van der Waals surface area contributed by atoms with Crippen molar-refractivity contribution < 1.29 is 4.79 Å². The summed E-state index contributed by atoms with van der Waals surface area (Å²) in [6, 6.07) is 0.213. The lowest BCUT2D eigenvalue weighted by Gasteiger charge is -2.14. The first-order valence-corrected chi connectivity index (χ1v) is 8.42. The van der Waals surface area contributed by atoms with E-state index in [-0.39, 0.29) is 18.5 Å². The number of carbonyl (C=O) groups is 1. The van der Waals surface area contributed by atoms with Crippen LogP contribution in [0.1, 0.15) is 65.1 Å². The third-order valence-corrected chi connectivity index (χ3v) is 3.82. The lowest BCUT2D eigenvalue weighted by molar-refractivity contribution is -0.122. The first-order chi connectivity index (χ1) is 10.1. The average molecular weight is 312 g/mol. The molecule has 5 nitrogen and oxygen atoms in total. The van der Waals surface area contributed by atoms with Gasteiger partial charge in [-0.25, -0.2) is 0 Å². The highest BCUT2D eigenvalue weighted by molar-refractivity contribution is 7.71. The fourth-order valence-corrected chi connectivity index (χ4v) is 2.56. The molecule has 0 fully saturated rings. The number of rotatable bonds is 10. The predicted octanol–water partition coefficient (Wildman–Crippen LogP) is 3.37. The highest BCUT2D eigenvalue weighted by atomic mass is 32.1. The Kier molecular flexibility index (Phi) is 8.27. The minimum absolute atomic E-state index is 0.00726. The number of nitrogens with zero attached hydrogens (tertiary/aromatic N) is 2. The minimum atomic E-state index is 0.00726. The van der Waals surface area contributed by atoms with Gasteiger partial charge in [0.1, 0.15) is 12.4 Å². The van der Waals surface area contributed by atoms with Gasteiger partial charge in [-0.3, -0.25) is 14.5 Å². The molecule has 6 heteroatoms. The van der Waals surface area contributed by atoms with Crippen LogP contribution in [0.4, 0.5) is 0 Å². The Balaban J connectivity index is 2.43. The van der Waals surface area contributed by atoms with Gasteiger partial charge in [0.25, 0.3) is 0 Å². The molecule has 0 aromatic carbocycles. The van der Waals surface area contributed by atoms with Crippen LogP contribution in [0.2, 0.25) is 0 Å². The van der Waals surface area contributed by atoms with E-state index in [0.717, 1.165) is 25.1 Å². The quantitative estimate of drug-likeness (QED) is 0.514. The van der Waals surface area contributed by atoms with Crippen LogP contribution in [0.5, 0.6) is 0 Å². The Bertz CT molecular complexity index is 480. The molecule has 0 bridgehead atoms. The van der Waals surface area contributed by atoms with Crippen molar-refractivity contribution in [3.05, 3.63) is 10.6 Å². The highest BCUT2D eigenvalue weighted by Crippen LogP contribution is 2.06. The monoisotopic (exact) mass is 312 g/mol. The lowest BCUT2D eigenvalue weighted by Crippen LogP contribution is -2.35. The molecule has 1 aromatic heterocycles. The highest BCUT2D eigenvalue weighted by Gasteiger charge is 2.12. The van der Waals surface area contributed by atoms with Crippen molar-refractivity contribution in [2.75, 3.05) is 0 Å². The minimum Gasteiger partial charge on any atom is -0.352 e. The van der Waals surface area contributed by atoms with Crippen molar-refractivity contribution in [2.24, 2.45) is 0 Å². The molecule has 1 amide bonds. The van der Waals surface area contributed by atoms with Gasteiger partial charge < -0.3 is 5.32 Å². The second-order valence-electron chi connectivity index (χ2n) is 5.60. The maximum atomic E-state index is 12.1. The maximum absolute atomic E-state index is 12.1. The molecule has 2 N–H and O–H groups in total. The number of unbranched alkanes of at least 4 members (excludes halogenated alkanes) is 3. The Morgan fingerprint density at radius 3 is 2.76 bits per heavy atom. The van der Waals surface area contributed by atoms with E-state index in [2.05, 4.69) is 36.3 Å². The molecular weight excluding hydrogens is 284 g/mol. The van der Waals surface area contributed by atoms with Crippen LogP contribution in [0.25, 0.3) is 0 Å². The molecule has 1 atom stereocenters. The molecule has 0 saturated carbocycles. The van der Waals surface area contributed by atoms with Crippen LogP contribution in [0.15, 0.2) is 0 Å². The van der Waals surface area contributed by atoms with E-state index in [4.69, 9.17) is 12.2 Å². The number of aryl methyl sites for hydroxylation is 1. The number of nitrogens with one attached hydrogen (secondary N) is 2. The van der Waals surface area contributed by atoms with Crippen LogP contribution < -0.4 is 5.32 Å². The smallest absolute Gasteiger partial charge is 0.240 e. The average Bonchev–Trinajstić information content (AvgIpc) is 2.77. The largest absolute Gasteiger partial charge is 0.352 e. The Hall–Kier alpha value is -1.17. The molecule has 0 saturated heterocycles.